The molecule has 4 atom stereocenters. The van der Waals surface area contributed by atoms with Gasteiger partial charge < -0.3 is 14.2 Å². The minimum Gasteiger partial charge on any atom is -0.459 e. The van der Waals surface area contributed by atoms with Gasteiger partial charge in [-0.25, -0.2) is 14.0 Å². The van der Waals surface area contributed by atoms with Crippen LogP contribution in [-0.2, 0) is 14.2 Å². The SMILES string of the molecule is CC1O[C@H](COC(=O)c2ccc([N+](=O)[O-])cc2)[C@@H](OC(=O)c2ccc([N+](=O)[O-])cc2)[C@@H]1F. The van der Waals surface area contributed by atoms with Gasteiger partial charge in [-0.15, -0.1) is 0 Å². The van der Waals surface area contributed by atoms with E-state index in [4.69, 9.17) is 14.2 Å². The molecule has 0 radical (unpaired) electrons. The van der Waals surface area contributed by atoms with Crippen LogP contribution in [0, 0.1) is 20.2 Å². The number of non-ortho nitro benzene ring substituents is 2. The largest absolute Gasteiger partial charge is 0.459 e. The number of carbonyl (C=O) groups is 2. The quantitative estimate of drug-likeness (QED) is 0.354. The van der Waals surface area contributed by atoms with E-state index < -0.39 is 52.9 Å². The number of nitrogens with zero attached hydrogens (tertiary/aromatic N) is 2. The summed E-state index contributed by atoms with van der Waals surface area (Å²) in [6, 6.07) is 9.27. The molecule has 0 amide bonds. The fraction of sp³-hybridized carbons (Fsp3) is 0.300. The number of hydrogen-bond acceptors (Lipinski definition) is 9. The van der Waals surface area contributed by atoms with Gasteiger partial charge in [-0.1, -0.05) is 0 Å². The minimum atomic E-state index is -1.69. The fourth-order valence-electron chi connectivity index (χ4n) is 3.05. The lowest BCUT2D eigenvalue weighted by atomic mass is 10.1. The van der Waals surface area contributed by atoms with E-state index in [0.717, 1.165) is 24.3 Å². The van der Waals surface area contributed by atoms with Crippen LogP contribution in [0.15, 0.2) is 48.5 Å². The molecular formula is C20H17FN2O9. The summed E-state index contributed by atoms with van der Waals surface area (Å²) in [4.78, 5) is 44.7. The zero-order valence-corrected chi connectivity index (χ0v) is 16.6. The molecule has 12 heteroatoms. The van der Waals surface area contributed by atoms with E-state index in [9.17, 15) is 34.2 Å². The molecular weight excluding hydrogens is 431 g/mol. The van der Waals surface area contributed by atoms with E-state index in [1.54, 1.807) is 0 Å². The molecule has 168 valence electrons. The minimum absolute atomic E-state index is 0.0241. The second-order valence-corrected chi connectivity index (χ2v) is 6.90. The lowest BCUT2D eigenvalue weighted by Crippen LogP contribution is -2.37. The van der Waals surface area contributed by atoms with Crippen molar-refractivity contribution in [1.82, 2.24) is 0 Å². The summed E-state index contributed by atoms with van der Waals surface area (Å²) in [6.07, 6.45) is -5.10. The zero-order valence-electron chi connectivity index (χ0n) is 16.6. The molecule has 1 saturated heterocycles. The van der Waals surface area contributed by atoms with Crippen LogP contribution in [0.4, 0.5) is 15.8 Å². The summed E-state index contributed by atoms with van der Waals surface area (Å²) >= 11 is 0. The van der Waals surface area contributed by atoms with E-state index in [2.05, 4.69) is 0 Å². The predicted molar refractivity (Wildman–Crippen MR) is 105 cm³/mol. The van der Waals surface area contributed by atoms with Crippen LogP contribution in [0.5, 0.6) is 0 Å². The van der Waals surface area contributed by atoms with E-state index in [0.29, 0.717) is 0 Å². The van der Waals surface area contributed by atoms with Crippen LogP contribution < -0.4 is 0 Å². The van der Waals surface area contributed by atoms with E-state index in [1.807, 2.05) is 0 Å². The third-order valence-corrected chi connectivity index (χ3v) is 4.77. The van der Waals surface area contributed by atoms with Gasteiger partial charge in [0.1, 0.15) is 12.7 Å². The number of ether oxygens (including phenoxy) is 3. The maximum atomic E-state index is 14.5. The molecule has 0 spiro atoms. The van der Waals surface area contributed by atoms with Crippen LogP contribution in [0.1, 0.15) is 27.6 Å². The molecule has 0 bridgehead atoms. The fourth-order valence-corrected chi connectivity index (χ4v) is 3.05. The van der Waals surface area contributed by atoms with Crippen molar-refractivity contribution >= 4 is 23.3 Å². The molecule has 1 unspecified atom stereocenters. The first-order chi connectivity index (χ1) is 15.2. The molecule has 1 heterocycles. The van der Waals surface area contributed by atoms with E-state index in [1.165, 1.54) is 31.2 Å². The second kappa shape index (κ2) is 9.47. The molecule has 1 aliphatic rings. The van der Waals surface area contributed by atoms with Crippen molar-refractivity contribution in [3.05, 3.63) is 79.9 Å². The van der Waals surface area contributed by atoms with Gasteiger partial charge >= 0.3 is 11.9 Å². The summed E-state index contributed by atoms with van der Waals surface area (Å²) in [5.41, 5.74) is -0.409. The normalized spacial score (nSPS) is 22.2. The molecule has 2 aromatic carbocycles. The summed E-state index contributed by atoms with van der Waals surface area (Å²) in [5, 5.41) is 21.4. The van der Waals surface area contributed by atoms with Crippen LogP contribution in [-0.4, -0.2) is 52.9 Å². The number of rotatable bonds is 7. The maximum Gasteiger partial charge on any atom is 0.338 e. The van der Waals surface area contributed by atoms with Gasteiger partial charge in [0.2, 0.25) is 0 Å². The van der Waals surface area contributed by atoms with Gasteiger partial charge in [0, 0.05) is 24.3 Å². The van der Waals surface area contributed by atoms with Crippen molar-refractivity contribution in [2.75, 3.05) is 6.61 Å². The molecule has 0 saturated carbocycles. The first-order valence-electron chi connectivity index (χ1n) is 9.34. The molecule has 1 aliphatic heterocycles. The molecule has 0 aromatic heterocycles. The summed E-state index contributed by atoms with van der Waals surface area (Å²) in [5.74, 6) is -1.74. The highest BCUT2D eigenvalue weighted by Crippen LogP contribution is 2.28. The summed E-state index contributed by atoms with van der Waals surface area (Å²) in [6.45, 7) is 0.994. The van der Waals surface area contributed by atoms with Gasteiger partial charge in [0.05, 0.1) is 27.1 Å². The number of carbonyl (C=O) groups excluding carboxylic acids is 2. The topological polar surface area (TPSA) is 148 Å². The number of alkyl halides is 1. The number of benzene rings is 2. The van der Waals surface area contributed by atoms with Crippen molar-refractivity contribution in [3.8, 4) is 0 Å². The Balaban J connectivity index is 1.63. The zero-order chi connectivity index (χ0) is 23.4. The third-order valence-electron chi connectivity index (χ3n) is 4.77. The highest BCUT2D eigenvalue weighted by molar-refractivity contribution is 5.90. The number of nitro groups is 2. The average molecular weight is 448 g/mol. The highest BCUT2D eigenvalue weighted by atomic mass is 19.1. The standard InChI is InChI=1S/C20H17FN2O9/c1-11-17(21)18(32-20(25)13-4-8-15(9-5-13)23(28)29)16(31-11)10-30-19(24)12-2-6-14(7-3-12)22(26)27/h2-9,11,16-18H,10H2,1H3/t11?,16-,17-,18-/m1/s1. The Kier molecular flexibility index (Phi) is 6.73. The van der Waals surface area contributed by atoms with Crippen LogP contribution >= 0.6 is 0 Å². The Hall–Kier alpha value is -3.93. The lowest BCUT2D eigenvalue weighted by molar-refractivity contribution is -0.385. The highest BCUT2D eigenvalue weighted by Gasteiger charge is 2.46. The average Bonchev–Trinajstić information content (AvgIpc) is 3.05. The molecule has 32 heavy (non-hydrogen) atoms. The third kappa shape index (κ3) is 5.03. The Morgan fingerprint density at radius 3 is 1.88 bits per heavy atom. The molecule has 1 fully saturated rings. The van der Waals surface area contributed by atoms with Crippen molar-refractivity contribution < 1.29 is 38.0 Å². The van der Waals surface area contributed by atoms with E-state index in [-0.39, 0.29) is 22.5 Å². The Morgan fingerprint density at radius 2 is 1.41 bits per heavy atom. The predicted octanol–water partition coefficient (Wildman–Crippen LogP) is 3.01. The van der Waals surface area contributed by atoms with E-state index >= 15 is 0 Å². The first-order valence-corrected chi connectivity index (χ1v) is 9.34. The van der Waals surface area contributed by atoms with Crippen molar-refractivity contribution in [2.45, 2.75) is 31.4 Å². The molecule has 3 rings (SSSR count). The molecule has 2 aromatic rings. The summed E-state index contributed by atoms with van der Waals surface area (Å²) < 4.78 is 30.3. The Labute approximate surface area is 180 Å². The van der Waals surface area contributed by atoms with Crippen LogP contribution in [0.25, 0.3) is 0 Å². The Morgan fingerprint density at radius 1 is 0.938 bits per heavy atom. The van der Waals surface area contributed by atoms with Gasteiger partial charge in [-0.3, -0.25) is 20.2 Å². The van der Waals surface area contributed by atoms with Gasteiger partial charge in [0.25, 0.3) is 11.4 Å². The van der Waals surface area contributed by atoms with Gasteiger partial charge in [-0.2, -0.15) is 0 Å². The van der Waals surface area contributed by atoms with Crippen LogP contribution in [0.2, 0.25) is 0 Å². The number of nitro benzene ring substituents is 2. The second-order valence-electron chi connectivity index (χ2n) is 6.90. The van der Waals surface area contributed by atoms with Gasteiger partial charge in [0.15, 0.2) is 12.3 Å². The number of esters is 2. The smallest absolute Gasteiger partial charge is 0.338 e. The Bertz CT molecular complexity index is 1030. The lowest BCUT2D eigenvalue weighted by Gasteiger charge is -2.20. The first kappa shape index (κ1) is 22.7. The number of hydrogen-bond donors (Lipinski definition) is 0. The van der Waals surface area contributed by atoms with Crippen molar-refractivity contribution in [1.29, 1.82) is 0 Å². The maximum absolute atomic E-state index is 14.5. The van der Waals surface area contributed by atoms with Crippen molar-refractivity contribution in [2.24, 2.45) is 0 Å². The molecule has 11 nitrogen and oxygen atoms in total. The number of halogens is 1. The van der Waals surface area contributed by atoms with Crippen LogP contribution in [0.3, 0.4) is 0 Å². The monoisotopic (exact) mass is 448 g/mol. The van der Waals surface area contributed by atoms with Crippen molar-refractivity contribution in [3.63, 3.8) is 0 Å². The van der Waals surface area contributed by atoms with Gasteiger partial charge in [-0.05, 0) is 31.2 Å². The molecule has 0 aliphatic carbocycles. The summed E-state index contributed by atoms with van der Waals surface area (Å²) in [7, 11) is 0. The molecule has 0 N–H and O–H groups in total.